The second-order valence-corrected chi connectivity index (χ2v) is 11.2. The van der Waals surface area contributed by atoms with Gasteiger partial charge in [-0.25, -0.2) is 4.79 Å². The van der Waals surface area contributed by atoms with Crippen molar-refractivity contribution in [2.45, 2.75) is 118 Å². The number of aryl methyl sites for hydroxylation is 2. The molecule has 0 saturated heterocycles. The van der Waals surface area contributed by atoms with Crippen molar-refractivity contribution >= 4 is 6.09 Å². The summed E-state index contributed by atoms with van der Waals surface area (Å²) in [6.07, 6.45) is 17.4. The summed E-state index contributed by atoms with van der Waals surface area (Å²) < 4.78 is 5.83. The maximum Gasteiger partial charge on any atom is 0.412 e. The zero-order chi connectivity index (χ0) is 23.5. The molecule has 3 heteroatoms. The lowest BCUT2D eigenvalue weighted by Crippen LogP contribution is -2.42. The van der Waals surface area contributed by atoms with E-state index in [1.807, 2.05) is 6.07 Å². The van der Waals surface area contributed by atoms with E-state index in [0.29, 0.717) is 12.0 Å². The number of rotatable bonds is 13. The normalized spacial score (nSPS) is 20.2. The van der Waals surface area contributed by atoms with Crippen molar-refractivity contribution in [1.82, 2.24) is 5.32 Å². The third-order valence-corrected chi connectivity index (χ3v) is 6.85. The van der Waals surface area contributed by atoms with Crippen molar-refractivity contribution in [2.24, 2.45) is 10.8 Å². The number of carbonyl (C=O) groups excluding carboxylic acids is 1. The maximum absolute atomic E-state index is 12.7. The average Bonchev–Trinajstić information content (AvgIpc) is 2.73. The van der Waals surface area contributed by atoms with Crippen LogP contribution in [0, 0.1) is 17.3 Å². The molecule has 1 aromatic carbocycles. The summed E-state index contributed by atoms with van der Waals surface area (Å²) in [5.41, 5.74) is 2.96. The van der Waals surface area contributed by atoms with Gasteiger partial charge in [0.2, 0.25) is 0 Å². The van der Waals surface area contributed by atoms with E-state index in [1.54, 1.807) is 0 Å². The van der Waals surface area contributed by atoms with E-state index >= 15 is 0 Å². The summed E-state index contributed by atoms with van der Waals surface area (Å²) in [4.78, 5) is 12.7. The van der Waals surface area contributed by atoms with E-state index in [-0.39, 0.29) is 11.5 Å². The quantitative estimate of drug-likeness (QED) is 0.311. The third kappa shape index (κ3) is 9.55. The van der Waals surface area contributed by atoms with Gasteiger partial charge in [-0.1, -0.05) is 85.3 Å². The Morgan fingerprint density at radius 3 is 2.28 bits per heavy atom. The van der Waals surface area contributed by atoms with E-state index in [1.165, 1.54) is 56.1 Å². The fraction of sp³-hybridized carbons (Fsp3) is 0.724. The molecule has 1 fully saturated rings. The molecule has 1 amide bonds. The van der Waals surface area contributed by atoms with Crippen LogP contribution in [0.5, 0.6) is 5.75 Å². The van der Waals surface area contributed by atoms with Crippen LogP contribution in [0.3, 0.4) is 0 Å². The fourth-order valence-corrected chi connectivity index (χ4v) is 5.25. The van der Waals surface area contributed by atoms with Gasteiger partial charge in [-0.2, -0.15) is 0 Å². The Balaban J connectivity index is 1.96. The molecule has 0 bridgehead atoms. The minimum Gasteiger partial charge on any atom is -0.410 e. The summed E-state index contributed by atoms with van der Waals surface area (Å²) in [5, 5.41) is 3.06. The lowest BCUT2D eigenvalue weighted by atomic mass is 9.64. The van der Waals surface area contributed by atoms with Gasteiger partial charge in [0.1, 0.15) is 5.75 Å². The molecule has 1 aliphatic rings. The number of unbranched alkanes of at least 4 members (excludes halogenated alkanes) is 6. The highest BCUT2D eigenvalue weighted by Crippen LogP contribution is 2.45. The molecule has 3 nitrogen and oxygen atoms in total. The van der Waals surface area contributed by atoms with Crippen LogP contribution in [0.25, 0.3) is 0 Å². The molecule has 0 heterocycles. The molecule has 0 aromatic heterocycles. The minimum atomic E-state index is -0.319. The first-order valence-corrected chi connectivity index (χ1v) is 13.2. The molecular formula is C29H48NO2. The van der Waals surface area contributed by atoms with E-state index in [0.717, 1.165) is 44.3 Å². The number of hydrogen-bond donors (Lipinski definition) is 1. The molecular weight excluding hydrogens is 394 g/mol. The van der Waals surface area contributed by atoms with Gasteiger partial charge >= 0.3 is 6.09 Å². The number of carbonyl (C=O) groups is 1. The van der Waals surface area contributed by atoms with Crippen LogP contribution >= 0.6 is 0 Å². The summed E-state index contributed by atoms with van der Waals surface area (Å²) in [7, 11) is 0. The van der Waals surface area contributed by atoms with Gasteiger partial charge in [-0.3, -0.25) is 0 Å². The lowest BCUT2D eigenvalue weighted by molar-refractivity contribution is 0.126. The second kappa shape index (κ2) is 13.3. The minimum absolute atomic E-state index is 0.103. The van der Waals surface area contributed by atoms with Crippen molar-refractivity contribution in [3.8, 4) is 5.75 Å². The number of hydrogen-bond acceptors (Lipinski definition) is 2. The van der Waals surface area contributed by atoms with Crippen LogP contribution in [0.2, 0.25) is 0 Å². The van der Waals surface area contributed by atoms with Crippen molar-refractivity contribution in [3.05, 3.63) is 35.7 Å². The smallest absolute Gasteiger partial charge is 0.410 e. The Bertz CT molecular complexity index is 696. The Labute approximate surface area is 198 Å². The fourth-order valence-electron chi connectivity index (χ4n) is 5.25. The Hall–Kier alpha value is -1.51. The number of ether oxygens (including phenoxy) is 1. The Morgan fingerprint density at radius 2 is 1.62 bits per heavy atom. The van der Waals surface area contributed by atoms with Crippen LogP contribution in [-0.2, 0) is 12.8 Å². The van der Waals surface area contributed by atoms with Gasteiger partial charge in [-0.15, -0.1) is 0 Å². The van der Waals surface area contributed by atoms with Crippen LogP contribution in [0.1, 0.15) is 116 Å². The highest BCUT2D eigenvalue weighted by Gasteiger charge is 2.36. The monoisotopic (exact) mass is 442 g/mol. The second-order valence-electron chi connectivity index (χ2n) is 11.2. The number of benzene rings is 1. The first-order valence-electron chi connectivity index (χ1n) is 13.2. The van der Waals surface area contributed by atoms with Crippen LogP contribution in [-0.4, -0.2) is 12.6 Å². The lowest BCUT2D eigenvalue weighted by Gasteiger charge is -2.42. The number of nitrogens with one attached hydrogen (secondary N) is 1. The molecule has 1 atom stereocenters. The van der Waals surface area contributed by atoms with E-state index < -0.39 is 0 Å². The van der Waals surface area contributed by atoms with Crippen LogP contribution < -0.4 is 10.1 Å². The van der Waals surface area contributed by atoms with Gasteiger partial charge in [0.25, 0.3) is 0 Å². The predicted octanol–water partition coefficient (Wildman–Crippen LogP) is 8.44. The van der Waals surface area contributed by atoms with Gasteiger partial charge in [0, 0.05) is 6.54 Å². The summed E-state index contributed by atoms with van der Waals surface area (Å²) in [6, 6.07) is 6.44. The van der Waals surface area contributed by atoms with Crippen molar-refractivity contribution < 1.29 is 9.53 Å². The van der Waals surface area contributed by atoms with Crippen molar-refractivity contribution in [3.63, 3.8) is 0 Å². The van der Waals surface area contributed by atoms with Crippen LogP contribution in [0.15, 0.2) is 18.2 Å². The maximum atomic E-state index is 12.7. The summed E-state index contributed by atoms with van der Waals surface area (Å²) in [5.74, 6) is 0.733. The van der Waals surface area contributed by atoms with E-state index in [9.17, 15) is 4.79 Å². The van der Waals surface area contributed by atoms with Crippen molar-refractivity contribution in [2.75, 3.05) is 6.54 Å². The molecule has 1 unspecified atom stereocenters. The third-order valence-electron chi connectivity index (χ3n) is 6.85. The zero-order valence-corrected chi connectivity index (χ0v) is 21.5. The molecule has 0 aliphatic heterocycles. The SMILES string of the molecule is CCCCCCc1ccc(OC(=O)NCC2(C)C[CH]CC(C)(C)C2)c(CCCCCC)c1. The largest absolute Gasteiger partial charge is 0.412 e. The van der Waals surface area contributed by atoms with E-state index in [4.69, 9.17) is 4.74 Å². The summed E-state index contributed by atoms with van der Waals surface area (Å²) in [6.45, 7) is 12.0. The van der Waals surface area contributed by atoms with E-state index in [2.05, 4.69) is 58.5 Å². The molecule has 1 aliphatic carbocycles. The highest BCUT2D eigenvalue weighted by molar-refractivity contribution is 5.71. The molecule has 1 N–H and O–H groups in total. The van der Waals surface area contributed by atoms with Gasteiger partial charge in [0.15, 0.2) is 0 Å². The van der Waals surface area contributed by atoms with Gasteiger partial charge < -0.3 is 10.1 Å². The molecule has 32 heavy (non-hydrogen) atoms. The molecule has 1 aromatic rings. The number of amides is 1. The highest BCUT2D eigenvalue weighted by atomic mass is 16.6. The predicted molar refractivity (Wildman–Crippen MR) is 136 cm³/mol. The Kier molecular flexibility index (Phi) is 11.1. The topological polar surface area (TPSA) is 38.3 Å². The summed E-state index contributed by atoms with van der Waals surface area (Å²) >= 11 is 0. The van der Waals surface area contributed by atoms with Gasteiger partial charge in [-0.05, 0) is 79.4 Å². The molecule has 2 rings (SSSR count). The standard InChI is InChI=1S/C29H48NO2/c1-6-8-10-12-15-24-17-18-26(25(21-24)16-13-11-9-7-2)32-27(31)30-23-29(5)20-14-19-28(3,4)22-29/h14,17-18,21H,6-13,15-16,19-20,22-23H2,1-5H3,(H,30,31). The van der Waals surface area contributed by atoms with Gasteiger partial charge in [0.05, 0.1) is 0 Å². The first kappa shape index (κ1) is 26.7. The molecule has 181 valence electrons. The first-order chi connectivity index (χ1) is 15.3. The average molecular weight is 443 g/mol. The molecule has 1 saturated carbocycles. The molecule has 0 spiro atoms. The van der Waals surface area contributed by atoms with Crippen LogP contribution in [0.4, 0.5) is 4.79 Å². The Morgan fingerprint density at radius 1 is 0.938 bits per heavy atom. The molecule has 1 radical (unpaired) electrons. The van der Waals surface area contributed by atoms with Crippen molar-refractivity contribution in [1.29, 1.82) is 0 Å². The zero-order valence-electron chi connectivity index (χ0n) is 21.5.